The molecular weight excluding hydrogens is 455 g/mol. The van der Waals surface area contributed by atoms with E-state index in [1.165, 1.54) is 6.07 Å². The fraction of sp³-hybridized carbons (Fsp3) is 0.143. The molecule has 0 unspecified atom stereocenters. The molecule has 0 saturated carbocycles. The summed E-state index contributed by atoms with van der Waals surface area (Å²) in [7, 11) is 3.96. The monoisotopic (exact) mass is 480 g/mol. The van der Waals surface area contributed by atoms with Crippen molar-refractivity contribution in [2.24, 2.45) is 0 Å². The maximum Gasteiger partial charge on any atom is 0.127 e. The zero-order valence-corrected chi connectivity index (χ0v) is 20.0. The van der Waals surface area contributed by atoms with Gasteiger partial charge >= 0.3 is 0 Å². The van der Waals surface area contributed by atoms with Crippen molar-refractivity contribution in [2.45, 2.75) is 0 Å². The highest BCUT2D eigenvalue weighted by atomic mass is 19.1. The number of ether oxygens (including phenoxy) is 1. The topological polar surface area (TPSA) is 85.6 Å². The molecule has 3 aromatic carbocycles. The number of benzene rings is 3. The van der Waals surface area contributed by atoms with E-state index < -0.39 is 0 Å². The van der Waals surface area contributed by atoms with Gasteiger partial charge < -0.3 is 14.6 Å². The number of nitrogens with zero attached hydrogens (tertiary/aromatic N) is 3. The molecule has 0 aliphatic heterocycles. The first kappa shape index (κ1) is 22.1. The van der Waals surface area contributed by atoms with Crippen LogP contribution in [0, 0.1) is 5.82 Å². The van der Waals surface area contributed by atoms with Gasteiger partial charge in [0, 0.05) is 40.7 Å². The third kappa shape index (κ3) is 4.12. The van der Waals surface area contributed by atoms with Gasteiger partial charge in [0.25, 0.3) is 0 Å². The van der Waals surface area contributed by atoms with Crippen LogP contribution in [-0.4, -0.2) is 57.5 Å². The molecule has 0 saturated heterocycles. The highest BCUT2D eigenvalue weighted by molar-refractivity contribution is 6.02. The molecule has 0 spiro atoms. The van der Waals surface area contributed by atoms with Gasteiger partial charge in [-0.2, -0.15) is 10.2 Å². The lowest BCUT2D eigenvalue weighted by Gasteiger charge is -2.12. The Labute approximate surface area is 206 Å². The first-order chi connectivity index (χ1) is 17.5. The third-order valence-corrected chi connectivity index (χ3v) is 6.30. The Kier molecular flexibility index (Phi) is 5.50. The average molecular weight is 481 g/mol. The normalized spacial score (nSPS) is 11.7. The molecule has 3 N–H and O–H groups in total. The second kappa shape index (κ2) is 8.98. The fourth-order valence-corrected chi connectivity index (χ4v) is 4.49. The first-order valence-electron chi connectivity index (χ1n) is 11.7. The van der Waals surface area contributed by atoms with E-state index in [-0.39, 0.29) is 5.82 Å². The number of H-pyrrole nitrogens is 3. The van der Waals surface area contributed by atoms with Crippen molar-refractivity contribution in [1.82, 2.24) is 30.3 Å². The van der Waals surface area contributed by atoms with Crippen molar-refractivity contribution in [2.75, 3.05) is 27.2 Å². The van der Waals surface area contributed by atoms with Crippen LogP contribution in [0.4, 0.5) is 4.39 Å². The lowest BCUT2D eigenvalue weighted by molar-refractivity contribution is 0.260. The molecule has 0 atom stereocenters. The zero-order chi connectivity index (χ0) is 24.6. The molecule has 3 aromatic heterocycles. The summed E-state index contributed by atoms with van der Waals surface area (Å²) in [6, 6.07) is 19.1. The molecule has 0 fully saturated rings. The molecule has 3 heterocycles. The Hall–Kier alpha value is -4.43. The molecule has 8 heteroatoms. The maximum atomic E-state index is 14.5. The molecule has 6 rings (SSSR count). The Balaban J connectivity index is 1.41. The smallest absolute Gasteiger partial charge is 0.127 e. The van der Waals surface area contributed by atoms with Crippen molar-refractivity contribution in [3.8, 4) is 39.4 Å². The van der Waals surface area contributed by atoms with E-state index in [1.807, 2.05) is 61.6 Å². The summed E-state index contributed by atoms with van der Waals surface area (Å²) in [5.41, 5.74) is 7.35. The lowest BCUT2D eigenvalue weighted by atomic mass is 10.0. The molecule has 0 radical (unpaired) electrons. The molecule has 180 valence electrons. The van der Waals surface area contributed by atoms with Crippen LogP contribution in [0.25, 0.3) is 55.4 Å². The van der Waals surface area contributed by atoms with Crippen molar-refractivity contribution < 1.29 is 9.13 Å². The fourth-order valence-electron chi connectivity index (χ4n) is 4.49. The van der Waals surface area contributed by atoms with E-state index in [0.29, 0.717) is 12.4 Å². The Bertz CT molecular complexity index is 1660. The largest absolute Gasteiger partial charge is 0.492 e. The molecule has 0 aliphatic carbocycles. The summed E-state index contributed by atoms with van der Waals surface area (Å²) in [6.45, 7) is 1.24. The van der Waals surface area contributed by atoms with Crippen LogP contribution < -0.4 is 4.74 Å². The SMILES string of the molecule is CN(C)CCOc1cc(F)cc(-c2cccc3[nH]c(-c4n[nH]c5ccc(-c6cn[nH]c6)cc45)cc23)c1. The number of fused-ring (bicyclic) bond motifs is 2. The van der Waals surface area contributed by atoms with Gasteiger partial charge in [-0.25, -0.2) is 4.39 Å². The van der Waals surface area contributed by atoms with Crippen LogP contribution in [0.15, 0.2) is 73.1 Å². The lowest BCUT2D eigenvalue weighted by Crippen LogP contribution is -2.19. The van der Waals surface area contributed by atoms with Crippen molar-refractivity contribution in [3.63, 3.8) is 0 Å². The van der Waals surface area contributed by atoms with Gasteiger partial charge in [-0.15, -0.1) is 0 Å². The minimum atomic E-state index is -0.329. The summed E-state index contributed by atoms with van der Waals surface area (Å²) in [6.07, 6.45) is 3.67. The van der Waals surface area contributed by atoms with E-state index in [1.54, 1.807) is 12.3 Å². The van der Waals surface area contributed by atoms with Crippen LogP contribution in [-0.2, 0) is 0 Å². The average Bonchev–Trinajstić information content (AvgIpc) is 3.62. The second-order valence-electron chi connectivity index (χ2n) is 9.10. The molecule has 0 amide bonds. The van der Waals surface area contributed by atoms with Gasteiger partial charge in [0.15, 0.2) is 0 Å². The highest BCUT2D eigenvalue weighted by Gasteiger charge is 2.15. The third-order valence-electron chi connectivity index (χ3n) is 6.30. The molecule has 0 aliphatic rings. The first-order valence-corrected chi connectivity index (χ1v) is 11.7. The van der Waals surface area contributed by atoms with Gasteiger partial charge in [0.05, 0.1) is 17.4 Å². The minimum Gasteiger partial charge on any atom is -0.492 e. The van der Waals surface area contributed by atoms with E-state index in [9.17, 15) is 4.39 Å². The van der Waals surface area contributed by atoms with Crippen LogP contribution in [0.1, 0.15) is 0 Å². The quantitative estimate of drug-likeness (QED) is 0.268. The Morgan fingerprint density at radius 3 is 2.67 bits per heavy atom. The van der Waals surface area contributed by atoms with Gasteiger partial charge in [-0.05, 0) is 67.2 Å². The van der Waals surface area contributed by atoms with Gasteiger partial charge in [-0.1, -0.05) is 18.2 Å². The van der Waals surface area contributed by atoms with Crippen LogP contribution >= 0.6 is 0 Å². The number of nitrogens with one attached hydrogen (secondary N) is 3. The number of hydrogen-bond acceptors (Lipinski definition) is 4. The number of aromatic nitrogens is 5. The zero-order valence-electron chi connectivity index (χ0n) is 20.0. The van der Waals surface area contributed by atoms with Crippen LogP contribution in [0.5, 0.6) is 5.75 Å². The van der Waals surface area contributed by atoms with Gasteiger partial charge in [0.2, 0.25) is 0 Å². The Morgan fingerprint density at radius 2 is 1.83 bits per heavy atom. The summed E-state index contributed by atoms with van der Waals surface area (Å²) < 4.78 is 20.4. The number of aromatic amines is 3. The molecule has 36 heavy (non-hydrogen) atoms. The summed E-state index contributed by atoms with van der Waals surface area (Å²) >= 11 is 0. The van der Waals surface area contributed by atoms with E-state index in [2.05, 4.69) is 37.5 Å². The minimum absolute atomic E-state index is 0.329. The van der Waals surface area contributed by atoms with Crippen LogP contribution in [0.3, 0.4) is 0 Å². The number of likely N-dealkylation sites (N-methyl/N-ethyl adjacent to an activating group) is 1. The summed E-state index contributed by atoms with van der Waals surface area (Å²) in [5, 5.41) is 16.6. The highest BCUT2D eigenvalue weighted by Crippen LogP contribution is 2.36. The van der Waals surface area contributed by atoms with E-state index in [0.717, 1.165) is 62.0 Å². The summed E-state index contributed by atoms with van der Waals surface area (Å²) in [4.78, 5) is 5.53. The number of halogens is 1. The van der Waals surface area contributed by atoms with Gasteiger partial charge in [0.1, 0.15) is 23.9 Å². The van der Waals surface area contributed by atoms with Crippen molar-refractivity contribution >= 4 is 21.8 Å². The maximum absolute atomic E-state index is 14.5. The summed E-state index contributed by atoms with van der Waals surface area (Å²) in [5.74, 6) is 0.190. The predicted molar refractivity (Wildman–Crippen MR) is 140 cm³/mol. The van der Waals surface area contributed by atoms with Crippen LogP contribution in [0.2, 0.25) is 0 Å². The molecule has 6 aromatic rings. The second-order valence-corrected chi connectivity index (χ2v) is 9.10. The number of hydrogen-bond donors (Lipinski definition) is 3. The Morgan fingerprint density at radius 1 is 0.917 bits per heavy atom. The molecular formula is C28H25FN6O. The molecule has 7 nitrogen and oxygen atoms in total. The van der Waals surface area contributed by atoms with E-state index in [4.69, 9.17) is 4.74 Å². The van der Waals surface area contributed by atoms with Crippen molar-refractivity contribution in [1.29, 1.82) is 0 Å². The standard InChI is InChI=1S/C28H25FN6O/c1-35(2)8-9-36-21-11-18(10-20(29)13-21)22-4-3-5-25-23(22)14-27(32-25)28-24-12-17(19-15-30-31-16-19)6-7-26(24)33-34-28/h3-7,10-16,32H,8-9H2,1-2H3,(H,30,31)(H,33,34). The molecule has 0 bridgehead atoms. The van der Waals surface area contributed by atoms with Crippen molar-refractivity contribution in [3.05, 3.63) is 78.9 Å². The van der Waals surface area contributed by atoms with Gasteiger partial charge in [-0.3, -0.25) is 10.2 Å². The number of rotatable bonds is 7. The van der Waals surface area contributed by atoms with E-state index >= 15 is 0 Å². The predicted octanol–water partition coefficient (Wildman–Crippen LogP) is 5.85.